The van der Waals surface area contributed by atoms with Crippen molar-refractivity contribution in [1.29, 1.82) is 0 Å². The van der Waals surface area contributed by atoms with Crippen LogP contribution in [0.3, 0.4) is 0 Å². The van der Waals surface area contributed by atoms with Gasteiger partial charge in [-0.3, -0.25) is 9.59 Å². The summed E-state index contributed by atoms with van der Waals surface area (Å²) in [5.41, 5.74) is 4.01. The predicted molar refractivity (Wildman–Crippen MR) is 169 cm³/mol. The Kier molecular flexibility index (Phi) is 8.20. The van der Waals surface area contributed by atoms with Gasteiger partial charge in [-0.15, -0.1) is 21.5 Å². The maximum atomic E-state index is 14.2. The number of amides is 1. The van der Waals surface area contributed by atoms with Crippen LogP contribution in [-0.2, 0) is 29.0 Å². The number of benzene rings is 2. The van der Waals surface area contributed by atoms with E-state index in [-0.39, 0.29) is 29.4 Å². The molecule has 10 heteroatoms. The molecule has 1 aliphatic rings. The molecule has 218 valence electrons. The van der Waals surface area contributed by atoms with Crippen molar-refractivity contribution in [1.82, 2.24) is 24.5 Å². The molecular formula is C32H35N5O3S2. The molecule has 0 spiro atoms. The first-order valence-electron chi connectivity index (χ1n) is 14.4. The SMILES string of the molecule is Cc1cccc(-n2c(=O)c3c4c(sc3n3c(SCC(=O)N[C@@H](C)CCc5ccccc5)nnc23)CO[C@@H](C(C)C)C4)c1. The van der Waals surface area contributed by atoms with Crippen molar-refractivity contribution in [3.8, 4) is 5.69 Å². The van der Waals surface area contributed by atoms with Crippen LogP contribution in [0, 0.1) is 12.8 Å². The smallest absolute Gasteiger partial charge is 0.268 e. The molecule has 2 atom stereocenters. The standard InChI is InChI=1S/C32H35N5O3S2/c1-19(2)25-16-24-26(17-40-25)42-30-28(24)29(39)36(23-12-8-9-20(3)15-23)31-34-35-32(37(30)31)41-18-27(38)33-21(4)13-14-22-10-6-5-7-11-22/h5-12,15,19,21,25H,13-14,16-18H2,1-4H3,(H,33,38)/t21-,25+/m0/s1. The van der Waals surface area contributed by atoms with Crippen molar-refractivity contribution in [2.45, 2.75) is 70.9 Å². The van der Waals surface area contributed by atoms with Crippen molar-refractivity contribution in [2.75, 3.05) is 5.75 Å². The summed E-state index contributed by atoms with van der Waals surface area (Å²) in [5.74, 6) is 0.923. The monoisotopic (exact) mass is 601 g/mol. The van der Waals surface area contributed by atoms with E-state index in [9.17, 15) is 9.59 Å². The third-order valence-corrected chi connectivity index (χ3v) is 9.91. The quantitative estimate of drug-likeness (QED) is 0.217. The molecule has 4 heterocycles. The van der Waals surface area contributed by atoms with Crippen LogP contribution in [0.15, 0.2) is 64.5 Å². The molecule has 0 saturated heterocycles. The number of thiophene rings is 1. The van der Waals surface area contributed by atoms with Crippen molar-refractivity contribution >= 4 is 45.0 Å². The molecule has 1 amide bonds. The third-order valence-electron chi connectivity index (χ3n) is 7.79. The summed E-state index contributed by atoms with van der Waals surface area (Å²) in [6.07, 6.45) is 2.51. The number of carbonyl (C=O) groups excluding carboxylic acids is 1. The minimum atomic E-state index is -0.0982. The molecule has 0 radical (unpaired) electrons. The van der Waals surface area contributed by atoms with Gasteiger partial charge >= 0.3 is 0 Å². The van der Waals surface area contributed by atoms with Crippen LogP contribution in [0.1, 0.15) is 48.8 Å². The van der Waals surface area contributed by atoms with Gasteiger partial charge in [-0.25, -0.2) is 8.97 Å². The Labute approximate surface area is 253 Å². The van der Waals surface area contributed by atoms with E-state index >= 15 is 0 Å². The van der Waals surface area contributed by atoms with Gasteiger partial charge in [0.15, 0.2) is 5.16 Å². The van der Waals surface area contributed by atoms with Gasteiger partial charge in [0.05, 0.1) is 29.5 Å². The summed E-state index contributed by atoms with van der Waals surface area (Å²) in [5, 5.41) is 13.4. The highest BCUT2D eigenvalue weighted by atomic mass is 32.2. The lowest BCUT2D eigenvalue weighted by atomic mass is 9.96. The lowest BCUT2D eigenvalue weighted by Crippen LogP contribution is -2.34. The van der Waals surface area contributed by atoms with Crippen LogP contribution in [0.25, 0.3) is 21.7 Å². The second-order valence-corrected chi connectivity index (χ2v) is 13.4. The summed E-state index contributed by atoms with van der Waals surface area (Å²) in [7, 11) is 0. The number of nitrogens with one attached hydrogen (secondary N) is 1. The van der Waals surface area contributed by atoms with Crippen LogP contribution in [0.4, 0.5) is 0 Å². The molecule has 0 unspecified atom stereocenters. The number of fused-ring (bicyclic) bond motifs is 5. The predicted octanol–water partition coefficient (Wildman–Crippen LogP) is 5.73. The molecular weight excluding hydrogens is 567 g/mol. The van der Waals surface area contributed by atoms with Crippen LogP contribution in [0.2, 0.25) is 0 Å². The molecule has 1 N–H and O–H groups in total. The summed E-state index contributed by atoms with van der Waals surface area (Å²) in [6.45, 7) is 8.82. The lowest BCUT2D eigenvalue weighted by Gasteiger charge is -2.26. The number of nitrogens with zero attached hydrogens (tertiary/aromatic N) is 4. The van der Waals surface area contributed by atoms with Crippen LogP contribution >= 0.6 is 23.1 Å². The van der Waals surface area contributed by atoms with Crippen LogP contribution in [-0.4, -0.2) is 43.0 Å². The maximum absolute atomic E-state index is 14.2. The highest BCUT2D eigenvalue weighted by Crippen LogP contribution is 2.37. The van der Waals surface area contributed by atoms with E-state index in [1.54, 1.807) is 15.9 Å². The van der Waals surface area contributed by atoms with Gasteiger partial charge < -0.3 is 10.1 Å². The Balaban J connectivity index is 1.33. The number of carbonyl (C=O) groups is 1. The van der Waals surface area contributed by atoms with Crippen molar-refractivity contribution in [3.05, 3.63) is 86.5 Å². The van der Waals surface area contributed by atoms with Crippen molar-refractivity contribution in [2.24, 2.45) is 5.92 Å². The Hall–Kier alpha value is -3.47. The normalized spacial score (nSPS) is 15.8. The second-order valence-electron chi connectivity index (χ2n) is 11.4. The lowest BCUT2D eigenvalue weighted by molar-refractivity contribution is -0.119. The van der Waals surface area contributed by atoms with E-state index < -0.39 is 0 Å². The highest BCUT2D eigenvalue weighted by molar-refractivity contribution is 7.99. The molecule has 0 fully saturated rings. The van der Waals surface area contributed by atoms with Gasteiger partial charge in [0.2, 0.25) is 11.7 Å². The minimum Gasteiger partial charge on any atom is -0.372 e. The molecule has 5 aromatic rings. The fourth-order valence-electron chi connectivity index (χ4n) is 5.51. The number of ether oxygens (including phenoxy) is 1. The number of hydrogen-bond donors (Lipinski definition) is 1. The average molecular weight is 602 g/mol. The van der Waals surface area contributed by atoms with E-state index in [0.29, 0.717) is 35.3 Å². The summed E-state index contributed by atoms with van der Waals surface area (Å²) in [4.78, 5) is 29.0. The van der Waals surface area contributed by atoms with Crippen LogP contribution in [0.5, 0.6) is 0 Å². The number of aromatic nitrogens is 4. The fourth-order valence-corrected chi connectivity index (χ4v) is 7.55. The zero-order valence-electron chi connectivity index (χ0n) is 24.3. The highest BCUT2D eigenvalue weighted by Gasteiger charge is 2.30. The molecule has 0 bridgehead atoms. The summed E-state index contributed by atoms with van der Waals surface area (Å²) >= 11 is 2.90. The maximum Gasteiger partial charge on any atom is 0.268 e. The zero-order valence-corrected chi connectivity index (χ0v) is 25.9. The molecule has 0 saturated carbocycles. The van der Waals surface area contributed by atoms with Gasteiger partial charge in [-0.1, -0.05) is 68.1 Å². The van der Waals surface area contributed by atoms with Crippen molar-refractivity contribution in [3.63, 3.8) is 0 Å². The Morgan fingerprint density at radius 1 is 1.14 bits per heavy atom. The summed E-state index contributed by atoms with van der Waals surface area (Å²) < 4.78 is 9.76. The fraction of sp³-hybridized carbons (Fsp3) is 0.375. The second kappa shape index (κ2) is 12.0. The van der Waals surface area contributed by atoms with Gasteiger partial charge in [0, 0.05) is 17.3 Å². The molecule has 6 rings (SSSR count). The van der Waals surface area contributed by atoms with E-state index in [4.69, 9.17) is 4.74 Å². The topological polar surface area (TPSA) is 90.5 Å². The first-order valence-corrected chi connectivity index (χ1v) is 16.2. The van der Waals surface area contributed by atoms with E-state index in [1.807, 2.05) is 60.7 Å². The molecule has 8 nitrogen and oxygen atoms in total. The Morgan fingerprint density at radius 2 is 1.95 bits per heavy atom. The summed E-state index contributed by atoms with van der Waals surface area (Å²) in [6, 6.07) is 18.2. The first kappa shape index (κ1) is 28.6. The van der Waals surface area contributed by atoms with Gasteiger partial charge in [0.1, 0.15) is 4.83 Å². The van der Waals surface area contributed by atoms with Gasteiger partial charge in [-0.05, 0) is 61.4 Å². The van der Waals surface area contributed by atoms with E-state index in [2.05, 4.69) is 41.5 Å². The Morgan fingerprint density at radius 3 is 2.71 bits per heavy atom. The zero-order chi connectivity index (χ0) is 29.4. The number of rotatable bonds is 9. The molecule has 1 aliphatic heterocycles. The van der Waals surface area contributed by atoms with E-state index in [1.165, 1.54) is 17.3 Å². The van der Waals surface area contributed by atoms with Gasteiger partial charge in [0.25, 0.3) is 5.56 Å². The van der Waals surface area contributed by atoms with E-state index in [0.717, 1.165) is 39.4 Å². The van der Waals surface area contributed by atoms with Gasteiger partial charge in [-0.2, -0.15) is 0 Å². The first-order chi connectivity index (χ1) is 20.3. The molecule has 3 aromatic heterocycles. The van der Waals surface area contributed by atoms with Crippen LogP contribution < -0.4 is 10.9 Å². The number of thioether (sulfide) groups is 1. The largest absolute Gasteiger partial charge is 0.372 e. The number of hydrogen-bond acceptors (Lipinski definition) is 7. The molecule has 42 heavy (non-hydrogen) atoms. The molecule has 0 aliphatic carbocycles. The Bertz CT molecular complexity index is 1810. The minimum absolute atomic E-state index is 0.0459. The van der Waals surface area contributed by atoms with Crippen molar-refractivity contribution < 1.29 is 9.53 Å². The number of aryl methyl sites for hydroxylation is 2. The third kappa shape index (κ3) is 5.63. The molecule has 2 aromatic carbocycles. The average Bonchev–Trinajstić information content (AvgIpc) is 3.57.